The van der Waals surface area contributed by atoms with Gasteiger partial charge in [-0.15, -0.1) is 5.10 Å². The van der Waals surface area contributed by atoms with Gasteiger partial charge in [-0.2, -0.15) is 5.10 Å². The number of hydrogen-bond acceptors (Lipinski definition) is 6. The van der Waals surface area contributed by atoms with Gasteiger partial charge in [0.1, 0.15) is 5.82 Å². The van der Waals surface area contributed by atoms with E-state index in [0.29, 0.717) is 24.8 Å². The molecule has 172 valence electrons. The van der Waals surface area contributed by atoms with E-state index in [9.17, 15) is 4.79 Å². The maximum absolute atomic E-state index is 13.1. The molecule has 0 aliphatic carbocycles. The van der Waals surface area contributed by atoms with Crippen molar-refractivity contribution in [2.24, 2.45) is 7.05 Å². The van der Waals surface area contributed by atoms with Gasteiger partial charge in [0.25, 0.3) is 5.91 Å². The Morgan fingerprint density at radius 2 is 1.97 bits per heavy atom. The fourth-order valence-electron chi connectivity index (χ4n) is 3.60. The summed E-state index contributed by atoms with van der Waals surface area (Å²) in [6.45, 7) is 6.30. The molecule has 0 aliphatic heterocycles. The molecule has 0 saturated heterocycles. The van der Waals surface area contributed by atoms with Gasteiger partial charge in [0.2, 0.25) is 5.88 Å². The van der Waals surface area contributed by atoms with E-state index in [1.54, 1.807) is 45.1 Å². The molecule has 33 heavy (non-hydrogen) atoms. The molecule has 9 nitrogen and oxygen atoms in total. The zero-order chi connectivity index (χ0) is 23.6. The lowest BCUT2D eigenvalue weighted by molar-refractivity contribution is -0.128. The van der Waals surface area contributed by atoms with E-state index in [2.05, 4.69) is 15.4 Å². The number of aryl methyl sites for hydroxylation is 2. The van der Waals surface area contributed by atoms with Crippen LogP contribution in [-0.4, -0.2) is 43.2 Å². The average Bonchev–Trinajstić information content (AvgIpc) is 3.27. The fourth-order valence-corrected chi connectivity index (χ4v) is 3.60. The Kier molecular flexibility index (Phi) is 6.15. The van der Waals surface area contributed by atoms with Crippen molar-refractivity contribution in [3.05, 3.63) is 65.6 Å². The molecule has 1 amide bonds. The third kappa shape index (κ3) is 4.88. The highest BCUT2D eigenvalue weighted by Crippen LogP contribution is 2.30. The van der Waals surface area contributed by atoms with Crippen LogP contribution in [-0.2, 0) is 29.7 Å². The van der Waals surface area contributed by atoms with Crippen molar-refractivity contribution in [1.82, 2.24) is 24.5 Å². The number of methoxy groups -OCH3 is 1. The zero-order valence-corrected chi connectivity index (χ0v) is 19.5. The van der Waals surface area contributed by atoms with Crippen molar-refractivity contribution in [3.8, 4) is 5.88 Å². The van der Waals surface area contributed by atoms with E-state index in [0.717, 1.165) is 27.7 Å². The molecule has 0 unspecified atom stereocenters. The highest BCUT2D eigenvalue weighted by molar-refractivity contribution is 5.97. The quantitative estimate of drug-likeness (QED) is 0.443. The number of ether oxygens (including phenoxy) is 2. The van der Waals surface area contributed by atoms with Gasteiger partial charge in [-0.25, -0.2) is 0 Å². The molecule has 0 spiro atoms. The van der Waals surface area contributed by atoms with E-state index >= 15 is 0 Å². The number of amides is 1. The molecule has 0 bridgehead atoms. The van der Waals surface area contributed by atoms with Crippen LogP contribution >= 0.6 is 0 Å². The predicted octanol–water partition coefficient (Wildman–Crippen LogP) is 3.46. The molecule has 3 heterocycles. The second-order valence-corrected chi connectivity index (χ2v) is 8.47. The first-order chi connectivity index (χ1) is 15.8. The van der Waals surface area contributed by atoms with E-state index < -0.39 is 5.60 Å². The summed E-state index contributed by atoms with van der Waals surface area (Å²) < 4.78 is 15.0. The lowest BCUT2D eigenvalue weighted by atomic mass is 10.1. The van der Waals surface area contributed by atoms with Crippen LogP contribution in [0.1, 0.15) is 30.7 Å². The Balaban J connectivity index is 1.66. The molecule has 1 N–H and O–H groups in total. The SMILES string of the molecule is COCc1ccc2c(c1)c(OC(C)(C)C(=O)Nc1cc(C)nn1C)nn2Cc1cccnc1. The van der Waals surface area contributed by atoms with Gasteiger partial charge in [-0.05, 0) is 50.1 Å². The van der Waals surface area contributed by atoms with Crippen LogP contribution in [0.15, 0.2) is 48.8 Å². The van der Waals surface area contributed by atoms with Crippen LogP contribution < -0.4 is 10.1 Å². The van der Waals surface area contributed by atoms with E-state index in [1.165, 1.54) is 0 Å². The number of carbonyl (C=O) groups excluding carboxylic acids is 1. The van der Waals surface area contributed by atoms with E-state index in [-0.39, 0.29) is 5.91 Å². The predicted molar refractivity (Wildman–Crippen MR) is 125 cm³/mol. The highest BCUT2D eigenvalue weighted by atomic mass is 16.5. The van der Waals surface area contributed by atoms with Crippen LogP contribution in [0.3, 0.4) is 0 Å². The standard InChI is InChI=1S/C24H28N6O3/c1-16-11-21(29(4)27-16)26-23(31)24(2,3)33-22-19-12-17(15-32-5)8-9-20(19)30(28-22)14-18-7-6-10-25-13-18/h6-13H,14-15H2,1-5H3,(H,26,31). The number of aromatic nitrogens is 5. The number of anilines is 1. The number of pyridine rings is 1. The van der Waals surface area contributed by atoms with E-state index in [4.69, 9.17) is 14.6 Å². The van der Waals surface area contributed by atoms with Crippen LogP contribution in [0.4, 0.5) is 5.82 Å². The minimum absolute atomic E-state index is 0.298. The molecule has 1 aromatic carbocycles. The molecule has 0 atom stereocenters. The first-order valence-electron chi connectivity index (χ1n) is 10.7. The van der Waals surface area contributed by atoms with Crippen LogP contribution in [0.25, 0.3) is 10.9 Å². The summed E-state index contributed by atoms with van der Waals surface area (Å²) >= 11 is 0. The summed E-state index contributed by atoms with van der Waals surface area (Å²) in [5.41, 5.74) is 2.53. The maximum atomic E-state index is 13.1. The van der Waals surface area contributed by atoms with Crippen molar-refractivity contribution in [1.29, 1.82) is 0 Å². The number of benzene rings is 1. The summed E-state index contributed by atoms with van der Waals surface area (Å²) in [6.07, 6.45) is 3.54. The number of carbonyl (C=O) groups is 1. The second kappa shape index (κ2) is 9.03. The normalized spacial score (nSPS) is 11.7. The zero-order valence-electron chi connectivity index (χ0n) is 19.5. The van der Waals surface area contributed by atoms with Gasteiger partial charge in [0.15, 0.2) is 5.60 Å². The average molecular weight is 449 g/mol. The van der Waals surface area contributed by atoms with Crippen molar-refractivity contribution >= 4 is 22.6 Å². The number of rotatable bonds is 8. The third-order valence-electron chi connectivity index (χ3n) is 5.29. The van der Waals surface area contributed by atoms with Gasteiger partial charge in [-0.3, -0.25) is 19.1 Å². The minimum Gasteiger partial charge on any atom is -0.460 e. The molecule has 4 aromatic rings. The number of nitrogens with zero attached hydrogens (tertiary/aromatic N) is 5. The Bertz CT molecular complexity index is 1280. The molecule has 0 saturated carbocycles. The molecule has 9 heteroatoms. The van der Waals surface area contributed by atoms with Crippen LogP contribution in [0.2, 0.25) is 0 Å². The Morgan fingerprint density at radius 3 is 2.64 bits per heavy atom. The van der Waals surface area contributed by atoms with Crippen molar-refractivity contribution in [2.75, 3.05) is 12.4 Å². The number of hydrogen-bond donors (Lipinski definition) is 1. The summed E-state index contributed by atoms with van der Waals surface area (Å²) in [5, 5.41) is 12.7. The molecule has 0 radical (unpaired) electrons. The van der Waals surface area contributed by atoms with Crippen LogP contribution in [0, 0.1) is 6.92 Å². The maximum Gasteiger partial charge on any atom is 0.269 e. The molecule has 0 aliphatic rings. The molecule has 0 fully saturated rings. The Hall–Kier alpha value is -3.72. The van der Waals surface area contributed by atoms with Gasteiger partial charge >= 0.3 is 0 Å². The highest BCUT2D eigenvalue weighted by Gasteiger charge is 2.32. The lowest BCUT2D eigenvalue weighted by Crippen LogP contribution is -2.43. The summed E-state index contributed by atoms with van der Waals surface area (Å²) in [7, 11) is 3.43. The minimum atomic E-state index is -1.18. The van der Waals surface area contributed by atoms with Gasteiger partial charge in [0, 0.05) is 32.6 Å². The first-order valence-corrected chi connectivity index (χ1v) is 10.7. The molecule has 4 rings (SSSR count). The van der Waals surface area contributed by atoms with Gasteiger partial charge in [0.05, 0.1) is 29.7 Å². The summed E-state index contributed by atoms with van der Waals surface area (Å²) in [5.74, 6) is 0.685. The smallest absolute Gasteiger partial charge is 0.269 e. The fraction of sp³-hybridized carbons (Fsp3) is 0.333. The number of fused-ring (bicyclic) bond motifs is 1. The third-order valence-corrected chi connectivity index (χ3v) is 5.29. The molecular formula is C24H28N6O3. The monoisotopic (exact) mass is 448 g/mol. The van der Waals surface area contributed by atoms with Crippen molar-refractivity contribution < 1.29 is 14.3 Å². The number of nitrogens with one attached hydrogen (secondary N) is 1. The van der Waals surface area contributed by atoms with Crippen molar-refractivity contribution in [3.63, 3.8) is 0 Å². The first kappa shape index (κ1) is 22.5. The summed E-state index contributed by atoms with van der Waals surface area (Å²) in [6, 6.07) is 11.7. The van der Waals surface area contributed by atoms with Gasteiger partial charge in [-0.1, -0.05) is 12.1 Å². The van der Waals surface area contributed by atoms with E-state index in [1.807, 2.05) is 48.0 Å². The summed E-state index contributed by atoms with van der Waals surface area (Å²) in [4.78, 5) is 17.3. The lowest BCUT2D eigenvalue weighted by Gasteiger charge is -2.24. The molecular weight excluding hydrogens is 420 g/mol. The molecule has 3 aromatic heterocycles. The van der Waals surface area contributed by atoms with Crippen molar-refractivity contribution in [2.45, 2.75) is 39.5 Å². The Labute approximate surface area is 192 Å². The largest absolute Gasteiger partial charge is 0.460 e. The topological polar surface area (TPSA) is 96.1 Å². The second-order valence-electron chi connectivity index (χ2n) is 8.47. The van der Waals surface area contributed by atoms with Crippen LogP contribution in [0.5, 0.6) is 5.88 Å². The Morgan fingerprint density at radius 1 is 1.15 bits per heavy atom. The van der Waals surface area contributed by atoms with Gasteiger partial charge < -0.3 is 14.8 Å².